The number of rotatable bonds is 6. The van der Waals surface area contributed by atoms with Crippen LogP contribution in [0.15, 0.2) is 45.9 Å². The smallest absolute Gasteiger partial charge is 0.128 e. The Morgan fingerprint density at radius 2 is 2.13 bits per heavy atom. The molecule has 1 aromatic carbocycles. The molecule has 0 spiro atoms. The highest BCUT2D eigenvalue weighted by molar-refractivity contribution is 7.99. The quantitative estimate of drug-likeness (QED) is 0.595. The Bertz CT molecular complexity index is 807. The highest BCUT2D eigenvalue weighted by Gasteiger charge is 2.12. The van der Waals surface area contributed by atoms with Crippen LogP contribution in [0.5, 0.6) is 0 Å². The average molecular weight is 347 g/mol. The molecule has 0 aliphatic carbocycles. The van der Waals surface area contributed by atoms with E-state index in [1.165, 1.54) is 5.56 Å². The second kappa shape index (κ2) is 7.27. The monoisotopic (exact) mass is 347 g/mol. The molecule has 7 heteroatoms. The fourth-order valence-electron chi connectivity index (χ4n) is 2.16. The summed E-state index contributed by atoms with van der Waals surface area (Å²) in [6.45, 7) is 2.10. The molecule has 0 amide bonds. The Balaban J connectivity index is 1.89. The lowest BCUT2D eigenvalue weighted by molar-refractivity contribution is 0.105. The molecule has 5 nitrogen and oxygen atoms in total. The topological polar surface area (TPSA) is 78.3 Å². The van der Waals surface area contributed by atoms with Gasteiger partial charge in [0.05, 0.1) is 12.7 Å². The Morgan fingerprint density at radius 3 is 2.96 bits per heavy atom. The fourth-order valence-corrected chi connectivity index (χ4v) is 4.18. The van der Waals surface area contributed by atoms with Gasteiger partial charge >= 0.3 is 0 Å². The lowest BCUT2D eigenvalue weighted by atomic mass is 10.3. The highest BCUT2D eigenvalue weighted by atomic mass is 32.2. The summed E-state index contributed by atoms with van der Waals surface area (Å²) in [4.78, 5) is 10.7. The number of nitrogens with one attached hydrogen (secondary N) is 1. The Kier molecular flexibility index (Phi) is 5.12. The van der Waals surface area contributed by atoms with Gasteiger partial charge in [-0.1, -0.05) is 23.9 Å². The molecule has 2 aromatic heterocycles. The summed E-state index contributed by atoms with van der Waals surface area (Å²) in [5.41, 5.74) is 2.08. The number of anilines is 1. The van der Waals surface area contributed by atoms with Gasteiger partial charge in [-0.05, 0) is 30.0 Å². The zero-order valence-corrected chi connectivity index (χ0v) is 14.2. The van der Waals surface area contributed by atoms with Crippen molar-refractivity contribution in [3.8, 4) is 0 Å². The number of hydrogen-bond acceptors (Lipinski definition) is 7. The summed E-state index contributed by atoms with van der Waals surface area (Å²) in [6.07, 6.45) is 0.810. The summed E-state index contributed by atoms with van der Waals surface area (Å²) < 4.78 is 0. The van der Waals surface area contributed by atoms with Gasteiger partial charge in [0.1, 0.15) is 16.2 Å². The van der Waals surface area contributed by atoms with Crippen molar-refractivity contribution in [1.29, 1.82) is 0 Å². The molecule has 0 aliphatic heterocycles. The molecule has 0 radical (unpaired) electrons. The second-order valence-corrected chi connectivity index (χ2v) is 6.98. The van der Waals surface area contributed by atoms with E-state index in [0.29, 0.717) is 6.54 Å². The molecule has 0 saturated heterocycles. The van der Waals surface area contributed by atoms with Crippen molar-refractivity contribution < 1.29 is 10.2 Å². The van der Waals surface area contributed by atoms with E-state index >= 15 is 0 Å². The SMILES string of the molecule is Cc1csc2ncnc(Sc3ccccc3NCC(O)CO)c12. The summed E-state index contributed by atoms with van der Waals surface area (Å²) in [6, 6.07) is 7.86. The molecular formula is C16H17N3O2S2. The molecule has 1 atom stereocenters. The number of fused-ring (bicyclic) bond motifs is 1. The van der Waals surface area contributed by atoms with Gasteiger partial charge in [-0.2, -0.15) is 0 Å². The van der Waals surface area contributed by atoms with E-state index in [1.807, 2.05) is 24.3 Å². The third-order valence-corrected chi connectivity index (χ3v) is 5.43. The molecular weight excluding hydrogens is 330 g/mol. The third kappa shape index (κ3) is 3.64. The van der Waals surface area contributed by atoms with Crippen molar-refractivity contribution in [3.05, 3.63) is 41.5 Å². The molecule has 2 heterocycles. The molecule has 0 aliphatic rings. The maximum Gasteiger partial charge on any atom is 0.128 e. The molecule has 3 N–H and O–H groups in total. The minimum Gasteiger partial charge on any atom is -0.394 e. The predicted octanol–water partition coefficient (Wildman–Crippen LogP) is 2.92. The summed E-state index contributed by atoms with van der Waals surface area (Å²) in [7, 11) is 0. The number of para-hydroxylation sites is 1. The standard InChI is InChI=1S/C16H17N3O2S2/c1-10-8-22-15-14(10)16(19-9-18-15)23-13-5-3-2-4-12(13)17-6-11(21)7-20/h2-5,8-9,11,17,20-21H,6-7H2,1H3. The highest BCUT2D eigenvalue weighted by Crippen LogP contribution is 2.38. The molecule has 3 aromatic rings. The first-order chi connectivity index (χ1) is 11.2. The average Bonchev–Trinajstić information content (AvgIpc) is 2.96. The van der Waals surface area contributed by atoms with Crippen LogP contribution in [0.3, 0.4) is 0 Å². The maximum atomic E-state index is 9.51. The molecule has 3 rings (SSSR count). The predicted molar refractivity (Wildman–Crippen MR) is 94.3 cm³/mol. The van der Waals surface area contributed by atoms with Gasteiger partial charge in [0.15, 0.2) is 0 Å². The van der Waals surface area contributed by atoms with Crippen molar-refractivity contribution >= 4 is 39.0 Å². The van der Waals surface area contributed by atoms with Gasteiger partial charge in [0, 0.05) is 22.5 Å². The molecule has 0 bridgehead atoms. The number of benzene rings is 1. The first-order valence-electron chi connectivity index (χ1n) is 7.17. The summed E-state index contributed by atoms with van der Waals surface area (Å²) in [5.74, 6) is 0. The summed E-state index contributed by atoms with van der Waals surface area (Å²) >= 11 is 3.19. The molecule has 0 fully saturated rings. The lowest BCUT2D eigenvalue weighted by Crippen LogP contribution is -2.23. The van der Waals surface area contributed by atoms with E-state index in [0.717, 1.165) is 25.8 Å². The third-order valence-electron chi connectivity index (χ3n) is 3.35. The van der Waals surface area contributed by atoms with Gasteiger partial charge in [-0.3, -0.25) is 0 Å². The van der Waals surface area contributed by atoms with Crippen molar-refractivity contribution in [1.82, 2.24) is 9.97 Å². The Morgan fingerprint density at radius 1 is 1.30 bits per heavy atom. The molecule has 23 heavy (non-hydrogen) atoms. The van der Waals surface area contributed by atoms with Crippen molar-refractivity contribution in [2.24, 2.45) is 0 Å². The second-order valence-electron chi connectivity index (χ2n) is 5.09. The van der Waals surface area contributed by atoms with E-state index in [-0.39, 0.29) is 6.61 Å². The van der Waals surface area contributed by atoms with Gasteiger partial charge in [-0.15, -0.1) is 11.3 Å². The number of aliphatic hydroxyl groups excluding tert-OH is 2. The zero-order valence-electron chi connectivity index (χ0n) is 12.6. The van der Waals surface area contributed by atoms with Gasteiger partial charge < -0.3 is 15.5 Å². The van der Waals surface area contributed by atoms with E-state index in [2.05, 4.69) is 27.6 Å². The van der Waals surface area contributed by atoms with E-state index in [1.54, 1.807) is 29.4 Å². The molecule has 120 valence electrons. The van der Waals surface area contributed by atoms with Crippen molar-refractivity contribution in [3.63, 3.8) is 0 Å². The van der Waals surface area contributed by atoms with Gasteiger partial charge in [-0.25, -0.2) is 9.97 Å². The van der Waals surface area contributed by atoms with Crippen LogP contribution in [0.25, 0.3) is 10.2 Å². The Hall–Kier alpha value is -1.67. The van der Waals surface area contributed by atoms with Crippen LogP contribution < -0.4 is 5.32 Å². The van der Waals surface area contributed by atoms with Crippen LogP contribution in [0.4, 0.5) is 5.69 Å². The van der Waals surface area contributed by atoms with Crippen molar-refractivity contribution in [2.45, 2.75) is 22.9 Å². The number of hydrogen-bond donors (Lipinski definition) is 3. The van der Waals surface area contributed by atoms with Gasteiger partial charge in [0.2, 0.25) is 0 Å². The number of nitrogens with zero attached hydrogens (tertiary/aromatic N) is 2. The normalized spacial score (nSPS) is 12.5. The van der Waals surface area contributed by atoms with E-state index < -0.39 is 6.10 Å². The molecule has 1 unspecified atom stereocenters. The number of aliphatic hydroxyl groups is 2. The zero-order chi connectivity index (χ0) is 16.2. The van der Waals surface area contributed by atoms with Crippen LogP contribution in [-0.4, -0.2) is 39.4 Å². The van der Waals surface area contributed by atoms with E-state index in [4.69, 9.17) is 5.11 Å². The maximum absolute atomic E-state index is 9.51. The van der Waals surface area contributed by atoms with Gasteiger partial charge in [0.25, 0.3) is 0 Å². The Labute approximate surface area is 142 Å². The van der Waals surface area contributed by atoms with Crippen LogP contribution in [0.2, 0.25) is 0 Å². The largest absolute Gasteiger partial charge is 0.394 e. The number of thiophene rings is 1. The first kappa shape index (κ1) is 16.2. The minimum absolute atomic E-state index is 0.261. The summed E-state index contributed by atoms with van der Waals surface area (Å²) in [5, 5.41) is 25.7. The van der Waals surface area contributed by atoms with Crippen LogP contribution >= 0.6 is 23.1 Å². The van der Waals surface area contributed by atoms with Crippen LogP contribution in [-0.2, 0) is 0 Å². The number of aryl methyl sites for hydroxylation is 1. The van der Waals surface area contributed by atoms with Crippen LogP contribution in [0.1, 0.15) is 5.56 Å². The van der Waals surface area contributed by atoms with Crippen molar-refractivity contribution in [2.75, 3.05) is 18.5 Å². The van der Waals surface area contributed by atoms with Crippen LogP contribution in [0, 0.1) is 6.92 Å². The minimum atomic E-state index is -0.780. The molecule has 0 saturated carbocycles. The number of aromatic nitrogens is 2. The first-order valence-corrected chi connectivity index (χ1v) is 8.87. The lowest BCUT2D eigenvalue weighted by Gasteiger charge is -2.14. The van der Waals surface area contributed by atoms with E-state index in [9.17, 15) is 5.11 Å². The fraction of sp³-hybridized carbons (Fsp3) is 0.250.